The maximum absolute atomic E-state index is 5.40. The first-order valence-corrected chi connectivity index (χ1v) is 8.28. The molecule has 1 aliphatic carbocycles. The van der Waals surface area contributed by atoms with Crippen LogP contribution in [0.25, 0.3) is 10.9 Å². The Labute approximate surface area is 131 Å². The summed E-state index contributed by atoms with van der Waals surface area (Å²) in [6, 6.07) is 8.06. The molecule has 0 radical (unpaired) electrons. The van der Waals surface area contributed by atoms with Crippen LogP contribution in [0.2, 0.25) is 0 Å². The van der Waals surface area contributed by atoms with Gasteiger partial charge in [0.25, 0.3) is 0 Å². The van der Waals surface area contributed by atoms with Crippen LogP contribution in [-0.4, -0.2) is 49.4 Å². The fourth-order valence-electron chi connectivity index (χ4n) is 3.77. The van der Waals surface area contributed by atoms with Crippen molar-refractivity contribution < 1.29 is 4.74 Å². The smallest absolute Gasteiger partial charge is 0.0969 e. The molecule has 1 aromatic heterocycles. The van der Waals surface area contributed by atoms with Crippen molar-refractivity contribution in [1.29, 1.82) is 0 Å². The van der Waals surface area contributed by atoms with E-state index in [2.05, 4.69) is 53.7 Å². The zero-order chi connectivity index (χ0) is 15.1. The van der Waals surface area contributed by atoms with Crippen molar-refractivity contribution in [1.82, 2.24) is 15.2 Å². The van der Waals surface area contributed by atoms with Gasteiger partial charge in [-0.25, -0.2) is 0 Å². The predicted octanol–water partition coefficient (Wildman–Crippen LogP) is 2.46. The highest BCUT2D eigenvalue weighted by atomic mass is 16.5. The van der Waals surface area contributed by atoms with E-state index in [0.29, 0.717) is 18.7 Å². The summed E-state index contributed by atoms with van der Waals surface area (Å²) in [5.74, 6) is 0.712. The predicted molar refractivity (Wildman–Crippen MR) is 89.2 cm³/mol. The van der Waals surface area contributed by atoms with Gasteiger partial charge in [0.15, 0.2) is 0 Å². The summed E-state index contributed by atoms with van der Waals surface area (Å²) in [6.07, 6.45) is 5.83. The van der Waals surface area contributed by atoms with E-state index in [-0.39, 0.29) is 0 Å². The maximum atomic E-state index is 5.40. The number of benzene rings is 1. The topological polar surface area (TPSA) is 40.3 Å². The lowest BCUT2D eigenvalue weighted by Crippen LogP contribution is -2.39. The third kappa shape index (κ3) is 2.56. The van der Waals surface area contributed by atoms with Crippen molar-refractivity contribution in [3.8, 4) is 0 Å². The van der Waals surface area contributed by atoms with E-state index in [1.54, 1.807) is 0 Å². The van der Waals surface area contributed by atoms with Gasteiger partial charge in [-0.1, -0.05) is 6.07 Å². The Bertz CT molecular complexity index is 651. The number of nitrogens with zero attached hydrogens (tertiary/aromatic N) is 1. The minimum absolute atomic E-state index is 0.460. The first-order chi connectivity index (χ1) is 10.7. The lowest BCUT2D eigenvalue weighted by atomic mass is 9.75. The van der Waals surface area contributed by atoms with Gasteiger partial charge in [-0.3, -0.25) is 5.32 Å². The van der Waals surface area contributed by atoms with E-state index in [9.17, 15) is 0 Å². The molecule has 1 saturated heterocycles. The van der Waals surface area contributed by atoms with Crippen LogP contribution in [0.4, 0.5) is 0 Å². The summed E-state index contributed by atoms with van der Waals surface area (Å²) in [5.41, 5.74) is 4.17. The van der Waals surface area contributed by atoms with Crippen LogP contribution >= 0.6 is 0 Å². The molecule has 1 aliphatic heterocycles. The number of ether oxygens (including phenoxy) is 1. The molecule has 4 nitrogen and oxygen atoms in total. The van der Waals surface area contributed by atoms with Crippen LogP contribution in [0.1, 0.15) is 29.9 Å². The molecule has 2 heterocycles. The van der Waals surface area contributed by atoms with Crippen LogP contribution in [0.15, 0.2) is 24.4 Å². The highest BCUT2D eigenvalue weighted by Gasteiger charge is 2.33. The Kier molecular flexibility index (Phi) is 3.68. The Hall–Kier alpha value is -1.36. The molecule has 4 heteroatoms. The van der Waals surface area contributed by atoms with Crippen molar-refractivity contribution in [2.75, 3.05) is 27.4 Å². The van der Waals surface area contributed by atoms with E-state index in [1.807, 2.05) is 0 Å². The van der Waals surface area contributed by atoms with Gasteiger partial charge in [0, 0.05) is 29.2 Å². The third-order valence-electron chi connectivity index (χ3n) is 5.34. The minimum atomic E-state index is 0.460. The third-order valence-corrected chi connectivity index (χ3v) is 5.34. The number of nitrogens with one attached hydrogen (secondary N) is 2. The molecule has 2 aromatic rings. The monoisotopic (exact) mass is 299 g/mol. The van der Waals surface area contributed by atoms with Crippen LogP contribution in [0.5, 0.6) is 0 Å². The number of aromatic nitrogens is 1. The van der Waals surface area contributed by atoms with Crippen LogP contribution in [0, 0.1) is 0 Å². The van der Waals surface area contributed by atoms with Crippen molar-refractivity contribution in [2.45, 2.75) is 37.3 Å². The molecule has 2 N–H and O–H groups in total. The molecule has 22 heavy (non-hydrogen) atoms. The summed E-state index contributed by atoms with van der Waals surface area (Å²) < 4.78 is 5.40. The Morgan fingerprint density at radius 3 is 2.86 bits per heavy atom. The molecule has 4 rings (SSSR count). The first-order valence-electron chi connectivity index (χ1n) is 8.28. The maximum Gasteiger partial charge on any atom is 0.0969 e. The molecule has 1 saturated carbocycles. The molecule has 0 bridgehead atoms. The molecule has 0 amide bonds. The van der Waals surface area contributed by atoms with E-state index in [1.165, 1.54) is 34.9 Å². The van der Waals surface area contributed by atoms with Gasteiger partial charge in [-0.15, -0.1) is 0 Å². The largest absolute Gasteiger partial charge is 0.365 e. The van der Waals surface area contributed by atoms with Crippen molar-refractivity contribution in [2.24, 2.45) is 0 Å². The van der Waals surface area contributed by atoms with E-state index in [0.717, 1.165) is 19.1 Å². The van der Waals surface area contributed by atoms with Crippen molar-refractivity contribution in [3.63, 3.8) is 0 Å². The molecule has 2 aliphatic rings. The summed E-state index contributed by atoms with van der Waals surface area (Å²) in [7, 11) is 4.37. The van der Waals surface area contributed by atoms with Gasteiger partial charge in [0.05, 0.1) is 13.3 Å². The van der Waals surface area contributed by atoms with E-state index >= 15 is 0 Å². The van der Waals surface area contributed by atoms with Gasteiger partial charge in [0.2, 0.25) is 0 Å². The Balaban J connectivity index is 1.55. The molecule has 118 valence electrons. The number of hydrogen-bond acceptors (Lipinski definition) is 3. The summed E-state index contributed by atoms with van der Waals surface area (Å²) in [6.45, 7) is 1.52. The van der Waals surface area contributed by atoms with Gasteiger partial charge in [-0.2, -0.15) is 0 Å². The zero-order valence-electron chi connectivity index (χ0n) is 13.4. The summed E-state index contributed by atoms with van der Waals surface area (Å²) in [5, 5.41) is 4.80. The lowest BCUT2D eigenvalue weighted by Gasteiger charge is -2.39. The summed E-state index contributed by atoms with van der Waals surface area (Å²) >= 11 is 0. The van der Waals surface area contributed by atoms with Gasteiger partial charge in [0.1, 0.15) is 0 Å². The van der Waals surface area contributed by atoms with Gasteiger partial charge in [-0.05, 0) is 62.5 Å². The summed E-state index contributed by atoms with van der Waals surface area (Å²) in [4.78, 5) is 5.80. The highest BCUT2D eigenvalue weighted by molar-refractivity contribution is 5.84. The number of H-pyrrole nitrogens is 1. The highest BCUT2D eigenvalue weighted by Crippen LogP contribution is 2.41. The number of aromatic amines is 1. The van der Waals surface area contributed by atoms with Crippen molar-refractivity contribution in [3.05, 3.63) is 35.5 Å². The molecule has 0 unspecified atom stereocenters. The molecular weight excluding hydrogens is 274 g/mol. The average molecular weight is 299 g/mol. The van der Waals surface area contributed by atoms with Crippen molar-refractivity contribution >= 4 is 10.9 Å². The van der Waals surface area contributed by atoms with Crippen LogP contribution in [-0.2, 0) is 11.2 Å². The molecule has 1 atom stereocenters. The fourth-order valence-corrected chi connectivity index (χ4v) is 3.77. The van der Waals surface area contributed by atoms with Gasteiger partial charge < -0.3 is 14.6 Å². The van der Waals surface area contributed by atoms with Crippen LogP contribution in [0.3, 0.4) is 0 Å². The minimum Gasteiger partial charge on any atom is -0.365 e. The van der Waals surface area contributed by atoms with Crippen LogP contribution < -0.4 is 5.32 Å². The fraction of sp³-hybridized carbons (Fsp3) is 0.556. The molecule has 1 aromatic carbocycles. The van der Waals surface area contributed by atoms with E-state index in [4.69, 9.17) is 4.74 Å². The zero-order valence-corrected chi connectivity index (χ0v) is 13.4. The van der Waals surface area contributed by atoms with E-state index < -0.39 is 0 Å². The quantitative estimate of drug-likeness (QED) is 0.911. The first kappa shape index (κ1) is 14.2. The molecule has 2 fully saturated rings. The Morgan fingerprint density at radius 2 is 2.14 bits per heavy atom. The molecular formula is C18H25N3O. The second kappa shape index (κ2) is 5.69. The molecule has 0 spiro atoms. The normalized spacial score (nSPS) is 28.4. The average Bonchev–Trinajstić information content (AvgIpc) is 3.07. The van der Waals surface area contributed by atoms with Gasteiger partial charge >= 0.3 is 0 Å². The number of fused-ring (bicyclic) bond motifs is 1. The lowest BCUT2D eigenvalue weighted by molar-refractivity contribution is 0.167. The second-order valence-corrected chi connectivity index (χ2v) is 7.03. The second-order valence-electron chi connectivity index (χ2n) is 7.03. The standard InChI is InChI=1S/C18H25N3O/c1-21(2)15-7-13(8-15)17-9-19-18-4-3-12(6-16(17)18)5-14-10-22-11-20-14/h3-4,6,9,13-15,19-20H,5,7-8,10-11H2,1-2H3/t13?,14-,15?/m0/s1. The SMILES string of the molecule is CN(C)C1CC(c2c[nH]c3ccc(C[C@H]4COCN4)cc23)C1. The number of rotatable bonds is 4. The Morgan fingerprint density at radius 1 is 1.27 bits per heavy atom. The number of hydrogen-bond donors (Lipinski definition) is 2.